The number of rotatable bonds is 2. The fourth-order valence-electron chi connectivity index (χ4n) is 3.18. The van der Waals surface area contributed by atoms with Crippen molar-refractivity contribution in [2.45, 2.75) is 18.8 Å². The molecule has 0 bridgehead atoms. The van der Waals surface area contributed by atoms with Crippen LogP contribution in [0.4, 0.5) is 4.39 Å². The van der Waals surface area contributed by atoms with Crippen molar-refractivity contribution in [2.75, 3.05) is 0 Å². The number of pyridine rings is 3. The van der Waals surface area contributed by atoms with Crippen molar-refractivity contribution in [3.63, 3.8) is 0 Å². The van der Waals surface area contributed by atoms with Crippen LogP contribution in [-0.2, 0) is 0 Å². The number of halogens is 1. The van der Waals surface area contributed by atoms with Crippen molar-refractivity contribution >= 4 is 21.9 Å². The quantitative estimate of drug-likeness (QED) is 0.565. The number of nitrogens with one attached hydrogen (secondary N) is 1. The van der Waals surface area contributed by atoms with Crippen LogP contribution in [0.5, 0.6) is 0 Å². The Bertz CT molecular complexity index is 1040. The Labute approximate surface area is 131 Å². The summed E-state index contributed by atoms with van der Waals surface area (Å²) >= 11 is 0. The van der Waals surface area contributed by atoms with Crippen LogP contribution in [-0.4, -0.2) is 19.9 Å². The molecule has 1 N–H and O–H groups in total. The average molecular weight is 304 g/mol. The molecule has 4 heterocycles. The minimum absolute atomic E-state index is 0.425. The highest BCUT2D eigenvalue weighted by molar-refractivity contribution is 6.08. The van der Waals surface area contributed by atoms with E-state index in [-0.39, 0.29) is 0 Å². The Morgan fingerprint density at radius 3 is 2.87 bits per heavy atom. The molecule has 23 heavy (non-hydrogen) atoms. The smallest absolute Gasteiger partial charge is 0.215 e. The first kappa shape index (κ1) is 12.7. The van der Waals surface area contributed by atoms with Gasteiger partial charge in [-0.2, -0.15) is 4.39 Å². The van der Waals surface area contributed by atoms with Crippen molar-refractivity contribution in [3.05, 3.63) is 54.4 Å². The number of H-pyrrole nitrogens is 1. The highest BCUT2D eigenvalue weighted by Gasteiger charge is 2.28. The summed E-state index contributed by atoms with van der Waals surface area (Å²) in [6.07, 6.45) is 7.56. The predicted octanol–water partition coefficient (Wildman–Crippen LogP) is 4.19. The zero-order chi connectivity index (χ0) is 15.4. The number of nitrogens with zero attached hydrogens (tertiary/aromatic N) is 3. The van der Waals surface area contributed by atoms with Gasteiger partial charge in [0.25, 0.3) is 0 Å². The third kappa shape index (κ3) is 2.00. The minimum Gasteiger partial charge on any atom is -0.338 e. The summed E-state index contributed by atoms with van der Waals surface area (Å²) < 4.78 is 13.8. The molecule has 0 aliphatic heterocycles. The molecule has 4 aromatic rings. The summed E-state index contributed by atoms with van der Waals surface area (Å²) in [5, 5.41) is 2.07. The van der Waals surface area contributed by atoms with Gasteiger partial charge in [-0.1, -0.05) is 0 Å². The van der Waals surface area contributed by atoms with E-state index < -0.39 is 5.95 Å². The Balaban J connectivity index is 1.83. The van der Waals surface area contributed by atoms with Crippen molar-refractivity contribution in [1.82, 2.24) is 19.9 Å². The molecule has 0 aromatic carbocycles. The van der Waals surface area contributed by atoms with E-state index in [2.05, 4.69) is 19.9 Å². The number of aromatic amines is 1. The molecular formula is C18H13FN4. The van der Waals surface area contributed by atoms with E-state index in [4.69, 9.17) is 0 Å². The van der Waals surface area contributed by atoms with E-state index in [0.717, 1.165) is 46.0 Å². The van der Waals surface area contributed by atoms with Gasteiger partial charge in [-0.25, -0.2) is 4.98 Å². The molecule has 1 saturated carbocycles. The molecule has 0 atom stereocenters. The molecule has 112 valence electrons. The van der Waals surface area contributed by atoms with E-state index in [0.29, 0.717) is 11.6 Å². The fraction of sp³-hybridized carbons (Fsp3) is 0.167. The second-order valence-corrected chi connectivity index (χ2v) is 6.01. The average Bonchev–Trinajstić information content (AvgIpc) is 3.35. The van der Waals surface area contributed by atoms with Crippen molar-refractivity contribution in [2.24, 2.45) is 0 Å². The second-order valence-electron chi connectivity index (χ2n) is 6.01. The largest absolute Gasteiger partial charge is 0.338 e. The number of hydrogen-bond donors (Lipinski definition) is 1. The molecule has 0 spiro atoms. The van der Waals surface area contributed by atoms with Crippen LogP contribution in [0.2, 0.25) is 0 Å². The first-order chi connectivity index (χ1) is 11.3. The van der Waals surface area contributed by atoms with Gasteiger partial charge in [0, 0.05) is 28.7 Å². The standard InChI is InChI=1S/C18H13FN4/c19-16-7-12(10-3-4-10)17-13-6-14(11-2-1-5-20-8-11)21-9-15(13)22-18(17)23-16/h1-2,5-10H,3-4H2,(H,22,23). The van der Waals surface area contributed by atoms with Gasteiger partial charge in [-0.3, -0.25) is 9.97 Å². The lowest BCUT2D eigenvalue weighted by atomic mass is 10.0. The van der Waals surface area contributed by atoms with Crippen LogP contribution in [0.15, 0.2) is 42.9 Å². The highest BCUT2D eigenvalue weighted by Crippen LogP contribution is 2.45. The predicted molar refractivity (Wildman–Crippen MR) is 86.6 cm³/mol. The summed E-state index contributed by atoms with van der Waals surface area (Å²) in [4.78, 5) is 15.9. The molecule has 5 heteroatoms. The Hall–Kier alpha value is -2.82. The molecule has 1 aliphatic carbocycles. The van der Waals surface area contributed by atoms with Gasteiger partial charge in [0.1, 0.15) is 5.65 Å². The summed E-state index contributed by atoms with van der Waals surface area (Å²) in [5.74, 6) is 0.0235. The van der Waals surface area contributed by atoms with Gasteiger partial charge in [0.2, 0.25) is 5.95 Å². The SMILES string of the molecule is Fc1cc(C2CC2)c2c(n1)[nH]c1cnc(-c3cccnc3)cc12. The maximum atomic E-state index is 13.8. The van der Waals surface area contributed by atoms with Crippen LogP contribution in [0.25, 0.3) is 33.2 Å². The maximum Gasteiger partial charge on any atom is 0.215 e. The van der Waals surface area contributed by atoms with Gasteiger partial charge >= 0.3 is 0 Å². The lowest BCUT2D eigenvalue weighted by Crippen LogP contribution is -1.89. The third-order valence-corrected chi connectivity index (χ3v) is 4.42. The Morgan fingerprint density at radius 2 is 2.09 bits per heavy atom. The topological polar surface area (TPSA) is 54.5 Å². The second kappa shape index (κ2) is 4.59. The lowest BCUT2D eigenvalue weighted by molar-refractivity contribution is 0.586. The third-order valence-electron chi connectivity index (χ3n) is 4.42. The summed E-state index contributed by atoms with van der Waals surface area (Å²) in [5.41, 5.74) is 4.37. The molecule has 0 saturated heterocycles. The van der Waals surface area contributed by atoms with E-state index in [1.807, 2.05) is 18.2 Å². The molecule has 0 unspecified atom stereocenters. The Kier molecular flexibility index (Phi) is 2.53. The van der Waals surface area contributed by atoms with Crippen LogP contribution in [0, 0.1) is 5.95 Å². The summed E-state index contributed by atoms with van der Waals surface area (Å²) in [7, 11) is 0. The van der Waals surface area contributed by atoms with Gasteiger partial charge in [0.15, 0.2) is 0 Å². The number of fused-ring (bicyclic) bond motifs is 3. The van der Waals surface area contributed by atoms with E-state index >= 15 is 0 Å². The fourth-order valence-corrected chi connectivity index (χ4v) is 3.18. The van der Waals surface area contributed by atoms with E-state index in [1.165, 1.54) is 0 Å². The zero-order valence-corrected chi connectivity index (χ0v) is 12.3. The van der Waals surface area contributed by atoms with Crippen molar-refractivity contribution in [1.29, 1.82) is 0 Å². The van der Waals surface area contributed by atoms with Gasteiger partial charge in [0.05, 0.1) is 17.4 Å². The molecule has 4 nitrogen and oxygen atoms in total. The first-order valence-electron chi connectivity index (χ1n) is 7.68. The highest BCUT2D eigenvalue weighted by atomic mass is 19.1. The molecule has 1 aliphatic rings. The molecule has 5 rings (SSSR count). The molecule has 1 fully saturated rings. The van der Waals surface area contributed by atoms with Crippen molar-refractivity contribution in [3.8, 4) is 11.3 Å². The number of hydrogen-bond acceptors (Lipinski definition) is 3. The normalized spacial score (nSPS) is 14.7. The van der Waals surface area contributed by atoms with Gasteiger partial charge in [-0.15, -0.1) is 0 Å². The van der Waals surface area contributed by atoms with Gasteiger partial charge in [-0.05, 0) is 48.6 Å². The summed E-state index contributed by atoms with van der Waals surface area (Å²) in [6.45, 7) is 0. The molecule has 4 aromatic heterocycles. The zero-order valence-electron chi connectivity index (χ0n) is 12.3. The van der Waals surface area contributed by atoms with Crippen LogP contribution in [0.3, 0.4) is 0 Å². The molecular weight excluding hydrogens is 291 g/mol. The minimum atomic E-state index is -0.425. The van der Waals surface area contributed by atoms with Crippen LogP contribution < -0.4 is 0 Å². The van der Waals surface area contributed by atoms with E-state index in [9.17, 15) is 4.39 Å². The van der Waals surface area contributed by atoms with Crippen LogP contribution >= 0.6 is 0 Å². The lowest BCUT2D eigenvalue weighted by Gasteiger charge is -2.03. The monoisotopic (exact) mass is 304 g/mol. The molecule has 0 radical (unpaired) electrons. The van der Waals surface area contributed by atoms with E-state index in [1.54, 1.807) is 24.7 Å². The maximum absolute atomic E-state index is 13.8. The van der Waals surface area contributed by atoms with Crippen molar-refractivity contribution < 1.29 is 4.39 Å². The number of aromatic nitrogens is 4. The van der Waals surface area contributed by atoms with Crippen LogP contribution in [0.1, 0.15) is 24.3 Å². The van der Waals surface area contributed by atoms with Gasteiger partial charge < -0.3 is 4.98 Å². The first-order valence-corrected chi connectivity index (χ1v) is 7.68. The Morgan fingerprint density at radius 1 is 1.17 bits per heavy atom. The molecule has 0 amide bonds. The summed E-state index contributed by atoms with van der Waals surface area (Å²) in [6, 6.07) is 7.49.